The third-order valence-electron chi connectivity index (χ3n) is 5.81. The molecule has 0 heterocycles. The van der Waals surface area contributed by atoms with Crippen LogP contribution >= 0.6 is 0 Å². The molecule has 4 heteroatoms. The second-order valence-corrected chi connectivity index (χ2v) is 10.7. The van der Waals surface area contributed by atoms with Crippen molar-refractivity contribution in [1.29, 1.82) is 0 Å². The van der Waals surface area contributed by atoms with Crippen molar-refractivity contribution in [3.63, 3.8) is 0 Å². The molecular formula is C30H35NO3. The summed E-state index contributed by atoms with van der Waals surface area (Å²) < 4.78 is 5.45. The molecule has 0 aliphatic heterocycles. The Bertz CT molecular complexity index is 1050. The first-order valence-electron chi connectivity index (χ1n) is 11.7. The van der Waals surface area contributed by atoms with Gasteiger partial charge in [0.25, 0.3) is 5.91 Å². The average molecular weight is 458 g/mol. The summed E-state index contributed by atoms with van der Waals surface area (Å²) in [5, 5.41) is 3.01. The van der Waals surface area contributed by atoms with Gasteiger partial charge in [0.05, 0.1) is 11.6 Å². The highest BCUT2D eigenvalue weighted by Gasteiger charge is 2.23. The summed E-state index contributed by atoms with van der Waals surface area (Å²) in [6.45, 7) is 12.3. The van der Waals surface area contributed by atoms with E-state index in [1.54, 1.807) is 0 Å². The SMILES string of the molecule is CC(C)(C)c1cc(C(=O)OCC(=O)NC(c2ccccc2)c2ccccc2)cc(C(C)(C)C)c1. The Morgan fingerprint density at radius 1 is 0.735 bits per heavy atom. The molecule has 1 N–H and O–H groups in total. The molecule has 0 radical (unpaired) electrons. The Morgan fingerprint density at radius 2 is 1.18 bits per heavy atom. The van der Waals surface area contributed by atoms with Gasteiger partial charge in [0, 0.05) is 0 Å². The van der Waals surface area contributed by atoms with Gasteiger partial charge in [-0.1, -0.05) is 108 Å². The first kappa shape index (κ1) is 25.2. The van der Waals surface area contributed by atoms with Crippen LogP contribution in [0.3, 0.4) is 0 Å². The Labute approximate surface area is 203 Å². The van der Waals surface area contributed by atoms with Crippen molar-refractivity contribution in [3.8, 4) is 0 Å². The Morgan fingerprint density at radius 3 is 1.59 bits per heavy atom. The summed E-state index contributed by atoms with van der Waals surface area (Å²) >= 11 is 0. The minimum absolute atomic E-state index is 0.119. The Hall–Kier alpha value is -3.40. The molecule has 34 heavy (non-hydrogen) atoms. The van der Waals surface area contributed by atoms with Crippen LogP contribution in [0.4, 0.5) is 0 Å². The second kappa shape index (κ2) is 10.3. The maximum absolute atomic E-state index is 12.9. The highest BCUT2D eigenvalue weighted by molar-refractivity contribution is 5.92. The van der Waals surface area contributed by atoms with E-state index in [2.05, 4.69) is 52.9 Å². The molecule has 3 aromatic carbocycles. The molecule has 0 saturated heterocycles. The van der Waals surface area contributed by atoms with Gasteiger partial charge < -0.3 is 10.1 Å². The fourth-order valence-electron chi connectivity index (χ4n) is 3.68. The summed E-state index contributed by atoms with van der Waals surface area (Å²) in [7, 11) is 0. The number of amides is 1. The largest absolute Gasteiger partial charge is 0.452 e. The van der Waals surface area contributed by atoms with Crippen LogP contribution in [0.2, 0.25) is 0 Å². The van der Waals surface area contributed by atoms with E-state index in [9.17, 15) is 9.59 Å². The third kappa shape index (κ3) is 6.57. The van der Waals surface area contributed by atoms with E-state index in [0.29, 0.717) is 5.56 Å². The third-order valence-corrected chi connectivity index (χ3v) is 5.81. The number of nitrogens with one attached hydrogen (secondary N) is 1. The van der Waals surface area contributed by atoms with Crippen molar-refractivity contribution in [2.75, 3.05) is 6.61 Å². The van der Waals surface area contributed by atoms with Crippen molar-refractivity contribution >= 4 is 11.9 Å². The second-order valence-electron chi connectivity index (χ2n) is 10.7. The van der Waals surface area contributed by atoms with E-state index < -0.39 is 5.97 Å². The quantitative estimate of drug-likeness (QED) is 0.439. The lowest BCUT2D eigenvalue weighted by molar-refractivity contribution is -0.124. The Kier molecular flexibility index (Phi) is 7.61. The van der Waals surface area contributed by atoms with Gasteiger partial charge in [-0.2, -0.15) is 0 Å². The fraction of sp³-hybridized carbons (Fsp3) is 0.333. The first-order valence-corrected chi connectivity index (χ1v) is 11.7. The molecule has 3 aromatic rings. The maximum Gasteiger partial charge on any atom is 0.338 e. The predicted octanol–water partition coefficient (Wildman–Crippen LogP) is 6.34. The first-order chi connectivity index (χ1) is 15.9. The van der Waals surface area contributed by atoms with E-state index in [-0.39, 0.29) is 29.4 Å². The molecular weight excluding hydrogens is 422 g/mol. The van der Waals surface area contributed by atoms with Crippen LogP contribution in [-0.4, -0.2) is 18.5 Å². The van der Waals surface area contributed by atoms with E-state index in [1.165, 1.54) is 0 Å². The molecule has 0 aliphatic carbocycles. The van der Waals surface area contributed by atoms with Crippen molar-refractivity contribution < 1.29 is 14.3 Å². The highest BCUT2D eigenvalue weighted by Crippen LogP contribution is 2.30. The molecule has 0 saturated carbocycles. The van der Waals surface area contributed by atoms with Gasteiger partial charge in [-0.05, 0) is 45.2 Å². The average Bonchev–Trinajstić information content (AvgIpc) is 2.80. The van der Waals surface area contributed by atoms with Crippen LogP contribution in [0.1, 0.15) is 80.2 Å². The van der Waals surface area contributed by atoms with Crippen LogP contribution < -0.4 is 5.32 Å². The van der Waals surface area contributed by atoms with Crippen LogP contribution in [-0.2, 0) is 20.4 Å². The van der Waals surface area contributed by atoms with Gasteiger partial charge in [-0.3, -0.25) is 4.79 Å². The lowest BCUT2D eigenvalue weighted by Crippen LogP contribution is -2.33. The molecule has 4 nitrogen and oxygen atoms in total. The van der Waals surface area contributed by atoms with Gasteiger partial charge in [-0.15, -0.1) is 0 Å². The van der Waals surface area contributed by atoms with Gasteiger partial charge in [0.1, 0.15) is 0 Å². The van der Waals surface area contributed by atoms with E-state index in [1.807, 2.05) is 72.8 Å². The normalized spacial score (nSPS) is 11.9. The monoisotopic (exact) mass is 457 g/mol. The number of hydrogen-bond acceptors (Lipinski definition) is 3. The zero-order valence-corrected chi connectivity index (χ0v) is 21.0. The zero-order valence-electron chi connectivity index (χ0n) is 21.0. The van der Waals surface area contributed by atoms with Crippen LogP contribution in [0, 0.1) is 0 Å². The standard InChI is InChI=1S/C30H35NO3/c1-29(2,3)24-17-23(18-25(19-24)30(4,5)6)28(33)34-20-26(32)31-27(21-13-9-7-10-14-21)22-15-11-8-12-16-22/h7-19,27H,20H2,1-6H3,(H,31,32). The number of rotatable bonds is 6. The lowest BCUT2D eigenvalue weighted by Gasteiger charge is -2.26. The molecule has 3 rings (SSSR count). The zero-order chi connectivity index (χ0) is 24.9. The van der Waals surface area contributed by atoms with Gasteiger partial charge in [-0.25, -0.2) is 4.79 Å². The molecule has 1 amide bonds. The highest BCUT2D eigenvalue weighted by atomic mass is 16.5. The topological polar surface area (TPSA) is 55.4 Å². The molecule has 0 bridgehead atoms. The van der Waals surface area contributed by atoms with Crippen LogP contribution in [0.25, 0.3) is 0 Å². The van der Waals surface area contributed by atoms with Crippen LogP contribution in [0.15, 0.2) is 78.9 Å². The molecule has 0 fully saturated rings. The molecule has 0 aromatic heterocycles. The van der Waals surface area contributed by atoms with Gasteiger partial charge in [0.2, 0.25) is 0 Å². The molecule has 0 spiro atoms. The predicted molar refractivity (Wildman–Crippen MR) is 137 cm³/mol. The summed E-state index contributed by atoms with van der Waals surface area (Å²) in [4.78, 5) is 25.7. The van der Waals surface area contributed by atoms with Gasteiger partial charge >= 0.3 is 5.97 Å². The molecule has 0 atom stereocenters. The number of hydrogen-bond donors (Lipinski definition) is 1. The number of ether oxygens (including phenoxy) is 1. The molecule has 0 unspecified atom stereocenters. The van der Waals surface area contributed by atoms with Crippen LogP contribution in [0.5, 0.6) is 0 Å². The summed E-state index contributed by atoms with van der Waals surface area (Å²) in [5.41, 5.74) is 4.27. The molecule has 178 valence electrons. The van der Waals surface area contributed by atoms with Crippen molar-refractivity contribution in [3.05, 3.63) is 107 Å². The Balaban J connectivity index is 1.76. The van der Waals surface area contributed by atoms with E-state index >= 15 is 0 Å². The summed E-state index contributed by atoms with van der Waals surface area (Å²) in [6.07, 6.45) is 0. The van der Waals surface area contributed by atoms with Gasteiger partial charge in [0.15, 0.2) is 6.61 Å². The summed E-state index contributed by atoms with van der Waals surface area (Å²) in [5.74, 6) is -0.850. The lowest BCUT2D eigenvalue weighted by atomic mass is 9.79. The number of esters is 1. The van der Waals surface area contributed by atoms with Crippen molar-refractivity contribution in [2.45, 2.75) is 58.4 Å². The maximum atomic E-state index is 12.9. The number of carbonyl (C=O) groups is 2. The van der Waals surface area contributed by atoms with E-state index in [0.717, 1.165) is 22.3 Å². The smallest absolute Gasteiger partial charge is 0.338 e. The van der Waals surface area contributed by atoms with E-state index in [4.69, 9.17) is 4.74 Å². The molecule has 0 aliphatic rings. The van der Waals surface area contributed by atoms with Crippen molar-refractivity contribution in [1.82, 2.24) is 5.32 Å². The minimum Gasteiger partial charge on any atom is -0.452 e. The van der Waals surface area contributed by atoms with Crippen molar-refractivity contribution in [2.24, 2.45) is 0 Å². The minimum atomic E-state index is -0.497. The summed E-state index contributed by atoms with van der Waals surface area (Å²) in [6, 6.07) is 25.0. The fourth-order valence-corrected chi connectivity index (χ4v) is 3.68. The number of benzene rings is 3. The number of carbonyl (C=O) groups excluding carboxylic acids is 2.